The van der Waals surface area contributed by atoms with Crippen LogP contribution in [-0.4, -0.2) is 14.5 Å². The predicted octanol–water partition coefficient (Wildman–Crippen LogP) is 2.46. The minimum Gasteiger partial charge on any atom is -0.297 e. The summed E-state index contributed by atoms with van der Waals surface area (Å²) in [5.41, 5.74) is -0.247. The van der Waals surface area contributed by atoms with Gasteiger partial charge in [0.2, 0.25) is 0 Å². The quantitative estimate of drug-likeness (QED) is 0.851. The molecule has 7 heteroatoms. The van der Waals surface area contributed by atoms with E-state index in [2.05, 4.69) is 25.9 Å². The summed E-state index contributed by atoms with van der Waals surface area (Å²) in [7, 11) is 0. The van der Waals surface area contributed by atoms with Crippen molar-refractivity contribution in [2.45, 2.75) is 19.8 Å². The molecule has 2 rings (SSSR count). The van der Waals surface area contributed by atoms with Crippen LogP contribution in [0.5, 0.6) is 0 Å². The van der Waals surface area contributed by atoms with E-state index in [4.69, 9.17) is 11.6 Å². The van der Waals surface area contributed by atoms with E-state index >= 15 is 0 Å². The Morgan fingerprint density at radius 1 is 1.37 bits per heavy atom. The van der Waals surface area contributed by atoms with Gasteiger partial charge in [-0.1, -0.05) is 25.4 Å². The lowest BCUT2D eigenvalue weighted by molar-refractivity contribution is 0.775. The molecule has 0 saturated heterocycles. The third kappa shape index (κ3) is 2.64. The fourth-order valence-electron chi connectivity index (χ4n) is 1.78. The van der Waals surface area contributed by atoms with Gasteiger partial charge in [0.25, 0.3) is 5.56 Å². The third-order valence-electron chi connectivity index (χ3n) is 2.62. The molecule has 2 aromatic rings. The van der Waals surface area contributed by atoms with Crippen molar-refractivity contribution in [3.63, 3.8) is 0 Å². The zero-order chi connectivity index (χ0) is 14.2. The van der Waals surface area contributed by atoms with Crippen LogP contribution in [0.3, 0.4) is 0 Å². The van der Waals surface area contributed by atoms with E-state index < -0.39 is 11.2 Å². The summed E-state index contributed by atoms with van der Waals surface area (Å²) < 4.78 is 1.70. The van der Waals surface area contributed by atoms with Gasteiger partial charge in [-0.05, 0) is 27.9 Å². The molecule has 0 aliphatic heterocycles. The summed E-state index contributed by atoms with van der Waals surface area (Å²) in [5.74, 6) is -0.0942. The largest absolute Gasteiger partial charge is 0.334 e. The molecule has 5 nitrogen and oxygen atoms in total. The molecule has 0 aliphatic rings. The zero-order valence-corrected chi connectivity index (χ0v) is 12.6. The number of nitrogens with one attached hydrogen (secondary N) is 1. The Morgan fingerprint density at radius 2 is 2.05 bits per heavy atom. The molecule has 0 atom stereocenters. The van der Waals surface area contributed by atoms with Gasteiger partial charge < -0.3 is 0 Å². The monoisotopic (exact) mass is 343 g/mol. The van der Waals surface area contributed by atoms with Crippen LogP contribution in [0.2, 0.25) is 5.15 Å². The van der Waals surface area contributed by atoms with Crippen LogP contribution in [0.4, 0.5) is 0 Å². The van der Waals surface area contributed by atoms with Gasteiger partial charge in [0.1, 0.15) is 5.15 Å². The van der Waals surface area contributed by atoms with E-state index in [1.54, 1.807) is 12.3 Å². The maximum absolute atomic E-state index is 12.4. The molecule has 0 bridgehead atoms. The lowest BCUT2D eigenvalue weighted by atomic mass is 10.1. The predicted molar refractivity (Wildman–Crippen MR) is 77.3 cm³/mol. The van der Waals surface area contributed by atoms with Crippen molar-refractivity contribution in [2.24, 2.45) is 0 Å². The maximum atomic E-state index is 12.4. The van der Waals surface area contributed by atoms with Crippen LogP contribution in [-0.2, 0) is 0 Å². The highest BCUT2D eigenvalue weighted by molar-refractivity contribution is 9.10. The molecule has 0 fully saturated rings. The first-order valence-electron chi connectivity index (χ1n) is 5.57. The van der Waals surface area contributed by atoms with E-state index in [9.17, 15) is 9.59 Å². The van der Waals surface area contributed by atoms with E-state index in [-0.39, 0.29) is 11.1 Å². The zero-order valence-electron chi connectivity index (χ0n) is 10.3. The number of H-pyrrole nitrogens is 1. The third-order valence-corrected chi connectivity index (χ3v) is 3.35. The first kappa shape index (κ1) is 14.0. The Hall–Kier alpha value is -1.40. The van der Waals surface area contributed by atoms with E-state index in [0.29, 0.717) is 15.7 Å². The van der Waals surface area contributed by atoms with E-state index in [0.717, 1.165) is 4.57 Å². The Labute approximate surface area is 122 Å². The van der Waals surface area contributed by atoms with Crippen LogP contribution in [0, 0.1) is 0 Å². The van der Waals surface area contributed by atoms with Crippen LogP contribution in [0.25, 0.3) is 5.69 Å². The second kappa shape index (κ2) is 5.30. The second-order valence-corrected chi connectivity index (χ2v) is 5.61. The van der Waals surface area contributed by atoms with Crippen LogP contribution in [0.1, 0.15) is 25.3 Å². The van der Waals surface area contributed by atoms with Crippen molar-refractivity contribution >= 4 is 27.5 Å². The number of aromatic nitrogens is 3. The summed E-state index contributed by atoms with van der Waals surface area (Å²) in [4.78, 5) is 30.7. The average Bonchev–Trinajstić information content (AvgIpc) is 2.27. The molecule has 19 heavy (non-hydrogen) atoms. The van der Waals surface area contributed by atoms with E-state index in [1.165, 1.54) is 6.20 Å². The average molecular weight is 345 g/mol. The summed E-state index contributed by atoms with van der Waals surface area (Å²) in [6.45, 7) is 3.68. The van der Waals surface area contributed by atoms with Crippen molar-refractivity contribution in [1.82, 2.24) is 14.5 Å². The van der Waals surface area contributed by atoms with Gasteiger partial charge >= 0.3 is 5.69 Å². The molecule has 0 radical (unpaired) electrons. The maximum Gasteiger partial charge on any atom is 0.334 e. The van der Waals surface area contributed by atoms with Crippen molar-refractivity contribution in [3.8, 4) is 5.69 Å². The number of halogens is 2. The highest BCUT2D eigenvalue weighted by Crippen LogP contribution is 2.18. The van der Waals surface area contributed by atoms with Gasteiger partial charge in [-0.15, -0.1) is 0 Å². The molecule has 1 N–H and O–H groups in total. The smallest absolute Gasteiger partial charge is 0.297 e. The summed E-state index contributed by atoms with van der Waals surface area (Å²) in [5, 5.41) is 0.0872. The van der Waals surface area contributed by atoms with E-state index in [1.807, 2.05) is 13.8 Å². The molecule has 2 heterocycles. The molecule has 0 spiro atoms. The van der Waals surface area contributed by atoms with Gasteiger partial charge in [0.05, 0.1) is 17.4 Å². The number of hydrogen-bond donors (Lipinski definition) is 1. The minimum atomic E-state index is -0.584. The van der Waals surface area contributed by atoms with Gasteiger partial charge in [-0.2, -0.15) is 0 Å². The molecule has 0 saturated carbocycles. The molecule has 100 valence electrons. The normalized spacial score (nSPS) is 11.0. The van der Waals surface area contributed by atoms with Crippen LogP contribution >= 0.6 is 27.5 Å². The highest BCUT2D eigenvalue weighted by Gasteiger charge is 2.16. The Bertz CT molecular complexity index is 736. The molecular weight excluding hydrogens is 334 g/mol. The molecule has 0 unspecified atom stereocenters. The Balaban J connectivity index is 2.82. The molecule has 2 aromatic heterocycles. The molecule has 0 amide bonds. The fraction of sp³-hybridized carbons (Fsp3) is 0.250. The van der Waals surface area contributed by atoms with Crippen LogP contribution in [0.15, 0.2) is 32.5 Å². The van der Waals surface area contributed by atoms with Crippen molar-refractivity contribution in [3.05, 3.63) is 54.5 Å². The van der Waals surface area contributed by atoms with Crippen molar-refractivity contribution < 1.29 is 0 Å². The molecule has 0 aromatic carbocycles. The first-order chi connectivity index (χ1) is 8.91. The highest BCUT2D eigenvalue weighted by atomic mass is 79.9. The SMILES string of the molecule is CC(C)c1c(Cl)[nH]c(=O)n(-c2cncc(Br)c2)c1=O. The standard InChI is InChI=1S/C12H11BrClN3O2/c1-6(2)9-10(14)16-12(19)17(11(9)18)8-3-7(13)4-15-5-8/h3-6H,1-2H3,(H,16,19). The van der Waals surface area contributed by atoms with Crippen molar-refractivity contribution in [2.75, 3.05) is 0 Å². The lowest BCUT2D eigenvalue weighted by Gasteiger charge is -2.11. The first-order valence-corrected chi connectivity index (χ1v) is 6.74. The summed E-state index contributed by atoms with van der Waals surface area (Å²) in [6.07, 6.45) is 3.02. The van der Waals surface area contributed by atoms with Crippen molar-refractivity contribution in [1.29, 1.82) is 0 Å². The number of pyridine rings is 1. The second-order valence-electron chi connectivity index (χ2n) is 4.31. The van der Waals surface area contributed by atoms with Gasteiger partial charge in [0, 0.05) is 10.7 Å². The number of rotatable bonds is 2. The number of aromatic amines is 1. The Kier molecular flexibility index (Phi) is 3.91. The molecular formula is C12H11BrClN3O2. The summed E-state index contributed by atoms with van der Waals surface area (Å²) >= 11 is 9.18. The van der Waals surface area contributed by atoms with Gasteiger partial charge in [-0.3, -0.25) is 14.8 Å². The van der Waals surface area contributed by atoms with Gasteiger partial charge in [-0.25, -0.2) is 9.36 Å². The Morgan fingerprint density at radius 3 is 2.63 bits per heavy atom. The minimum absolute atomic E-state index is 0.0872. The summed E-state index contributed by atoms with van der Waals surface area (Å²) in [6, 6.07) is 1.64. The number of nitrogens with zero attached hydrogens (tertiary/aromatic N) is 2. The number of hydrogen-bond acceptors (Lipinski definition) is 3. The fourth-order valence-corrected chi connectivity index (χ4v) is 2.51. The van der Waals surface area contributed by atoms with Crippen LogP contribution < -0.4 is 11.2 Å². The molecule has 0 aliphatic carbocycles. The lowest BCUT2D eigenvalue weighted by Crippen LogP contribution is -2.36. The van der Waals surface area contributed by atoms with Gasteiger partial charge in [0.15, 0.2) is 0 Å². The topological polar surface area (TPSA) is 67.8 Å².